The topological polar surface area (TPSA) is 41.6 Å². The van der Waals surface area contributed by atoms with E-state index >= 15 is 0 Å². The highest BCUT2D eigenvalue weighted by molar-refractivity contribution is 5.75. The normalized spacial score (nSPS) is 21.1. The molecule has 0 aromatic carbocycles. The third-order valence-electron chi connectivity index (χ3n) is 2.83. The molecule has 0 unspecified atom stereocenters. The van der Waals surface area contributed by atoms with Gasteiger partial charge in [0, 0.05) is 26.2 Å². The SMILES string of the molecule is COCC1=CCN(C(=O)NC2CC2)CC1. The van der Waals surface area contributed by atoms with Gasteiger partial charge in [0.15, 0.2) is 0 Å². The van der Waals surface area contributed by atoms with E-state index < -0.39 is 0 Å². The minimum absolute atomic E-state index is 0.0882. The highest BCUT2D eigenvalue weighted by Crippen LogP contribution is 2.19. The van der Waals surface area contributed by atoms with E-state index in [9.17, 15) is 4.79 Å². The Morgan fingerprint density at radius 1 is 1.67 bits per heavy atom. The molecule has 1 aliphatic carbocycles. The van der Waals surface area contributed by atoms with Crippen LogP contribution in [0.3, 0.4) is 0 Å². The van der Waals surface area contributed by atoms with Crippen LogP contribution < -0.4 is 5.32 Å². The van der Waals surface area contributed by atoms with Gasteiger partial charge in [0.2, 0.25) is 0 Å². The molecule has 1 aliphatic heterocycles. The van der Waals surface area contributed by atoms with Crippen molar-refractivity contribution in [3.63, 3.8) is 0 Å². The number of hydrogen-bond donors (Lipinski definition) is 1. The van der Waals surface area contributed by atoms with Gasteiger partial charge < -0.3 is 15.0 Å². The van der Waals surface area contributed by atoms with Gasteiger partial charge in [-0.3, -0.25) is 0 Å². The lowest BCUT2D eigenvalue weighted by Crippen LogP contribution is -2.43. The molecular weight excluding hydrogens is 192 g/mol. The lowest BCUT2D eigenvalue weighted by molar-refractivity contribution is 0.193. The van der Waals surface area contributed by atoms with Crippen molar-refractivity contribution in [2.75, 3.05) is 26.8 Å². The molecule has 15 heavy (non-hydrogen) atoms. The van der Waals surface area contributed by atoms with E-state index in [0.29, 0.717) is 12.6 Å². The maximum atomic E-state index is 11.7. The van der Waals surface area contributed by atoms with Gasteiger partial charge in [0.25, 0.3) is 0 Å². The van der Waals surface area contributed by atoms with Crippen LogP contribution in [0.5, 0.6) is 0 Å². The summed E-state index contributed by atoms with van der Waals surface area (Å²) in [4.78, 5) is 13.5. The Balaban J connectivity index is 1.78. The zero-order chi connectivity index (χ0) is 10.7. The molecule has 2 amide bonds. The minimum Gasteiger partial charge on any atom is -0.380 e. The lowest BCUT2D eigenvalue weighted by Gasteiger charge is -2.26. The summed E-state index contributed by atoms with van der Waals surface area (Å²) in [5.41, 5.74) is 1.30. The molecule has 0 aromatic rings. The number of methoxy groups -OCH3 is 1. The van der Waals surface area contributed by atoms with Crippen molar-refractivity contribution in [1.82, 2.24) is 10.2 Å². The van der Waals surface area contributed by atoms with Crippen molar-refractivity contribution < 1.29 is 9.53 Å². The molecule has 4 nitrogen and oxygen atoms in total. The molecule has 0 spiro atoms. The number of nitrogens with zero attached hydrogens (tertiary/aromatic N) is 1. The van der Waals surface area contributed by atoms with Crippen LogP contribution in [0.15, 0.2) is 11.6 Å². The number of carbonyl (C=O) groups is 1. The fraction of sp³-hybridized carbons (Fsp3) is 0.727. The molecule has 2 rings (SSSR count). The Kier molecular flexibility index (Phi) is 3.26. The van der Waals surface area contributed by atoms with Gasteiger partial charge in [-0.15, -0.1) is 0 Å². The molecule has 1 saturated carbocycles. The number of carbonyl (C=O) groups excluding carboxylic acids is 1. The minimum atomic E-state index is 0.0882. The Bertz CT molecular complexity index is 272. The highest BCUT2D eigenvalue weighted by Gasteiger charge is 2.26. The molecule has 84 valence electrons. The second-order valence-corrected chi connectivity index (χ2v) is 4.22. The third kappa shape index (κ3) is 2.96. The molecule has 1 heterocycles. The predicted octanol–water partition coefficient (Wildman–Crippen LogP) is 1.14. The second kappa shape index (κ2) is 4.66. The first-order chi connectivity index (χ1) is 7.29. The molecule has 0 radical (unpaired) electrons. The Morgan fingerprint density at radius 3 is 3.00 bits per heavy atom. The van der Waals surface area contributed by atoms with Crippen molar-refractivity contribution >= 4 is 6.03 Å². The molecule has 0 aromatic heterocycles. The van der Waals surface area contributed by atoms with Crippen LogP contribution in [0.1, 0.15) is 19.3 Å². The number of nitrogens with one attached hydrogen (secondary N) is 1. The molecule has 0 bridgehead atoms. The summed E-state index contributed by atoms with van der Waals surface area (Å²) in [5, 5.41) is 3.00. The van der Waals surface area contributed by atoms with Gasteiger partial charge in [0.05, 0.1) is 6.61 Å². The van der Waals surface area contributed by atoms with Crippen LogP contribution in [0.4, 0.5) is 4.79 Å². The monoisotopic (exact) mass is 210 g/mol. The van der Waals surface area contributed by atoms with E-state index in [4.69, 9.17) is 4.74 Å². The van der Waals surface area contributed by atoms with E-state index in [2.05, 4.69) is 11.4 Å². The Labute approximate surface area is 90.3 Å². The van der Waals surface area contributed by atoms with Gasteiger partial charge in [-0.2, -0.15) is 0 Å². The second-order valence-electron chi connectivity index (χ2n) is 4.22. The quantitative estimate of drug-likeness (QED) is 0.710. The van der Waals surface area contributed by atoms with Crippen molar-refractivity contribution in [2.45, 2.75) is 25.3 Å². The highest BCUT2D eigenvalue weighted by atomic mass is 16.5. The van der Waals surface area contributed by atoms with E-state index in [1.54, 1.807) is 7.11 Å². The molecular formula is C11H18N2O2. The number of ether oxygens (including phenoxy) is 1. The maximum absolute atomic E-state index is 11.7. The maximum Gasteiger partial charge on any atom is 0.317 e. The summed E-state index contributed by atoms with van der Waals surface area (Å²) in [6, 6.07) is 0.534. The van der Waals surface area contributed by atoms with E-state index in [-0.39, 0.29) is 6.03 Å². The summed E-state index contributed by atoms with van der Waals surface area (Å²) in [5.74, 6) is 0. The van der Waals surface area contributed by atoms with E-state index in [0.717, 1.165) is 32.4 Å². The van der Waals surface area contributed by atoms with Gasteiger partial charge in [-0.05, 0) is 24.8 Å². The lowest BCUT2D eigenvalue weighted by atomic mass is 10.1. The summed E-state index contributed by atoms with van der Waals surface area (Å²) < 4.78 is 5.06. The molecule has 0 saturated heterocycles. The number of urea groups is 1. The van der Waals surface area contributed by atoms with Gasteiger partial charge >= 0.3 is 6.03 Å². The van der Waals surface area contributed by atoms with E-state index in [1.165, 1.54) is 5.57 Å². The van der Waals surface area contributed by atoms with Crippen LogP contribution in [0, 0.1) is 0 Å². The van der Waals surface area contributed by atoms with Crippen LogP contribution in [-0.2, 0) is 4.74 Å². The van der Waals surface area contributed by atoms with Gasteiger partial charge in [0.1, 0.15) is 0 Å². The van der Waals surface area contributed by atoms with E-state index in [1.807, 2.05) is 4.90 Å². The van der Waals surface area contributed by atoms with Crippen molar-refractivity contribution in [2.24, 2.45) is 0 Å². The van der Waals surface area contributed by atoms with Crippen LogP contribution in [-0.4, -0.2) is 43.8 Å². The smallest absolute Gasteiger partial charge is 0.317 e. The third-order valence-corrected chi connectivity index (χ3v) is 2.83. The fourth-order valence-electron chi connectivity index (χ4n) is 1.71. The largest absolute Gasteiger partial charge is 0.380 e. The van der Waals surface area contributed by atoms with Gasteiger partial charge in [-0.1, -0.05) is 6.08 Å². The van der Waals surface area contributed by atoms with Crippen molar-refractivity contribution in [1.29, 1.82) is 0 Å². The number of hydrogen-bond acceptors (Lipinski definition) is 2. The summed E-state index contributed by atoms with van der Waals surface area (Å²) in [6.45, 7) is 2.23. The van der Waals surface area contributed by atoms with Crippen molar-refractivity contribution in [3.05, 3.63) is 11.6 Å². The average molecular weight is 210 g/mol. The zero-order valence-electron chi connectivity index (χ0n) is 9.16. The first kappa shape index (κ1) is 10.5. The molecule has 0 atom stereocenters. The Morgan fingerprint density at radius 2 is 2.47 bits per heavy atom. The first-order valence-corrected chi connectivity index (χ1v) is 5.52. The number of amides is 2. The molecule has 4 heteroatoms. The predicted molar refractivity (Wildman–Crippen MR) is 57.7 cm³/mol. The Hall–Kier alpha value is -1.03. The van der Waals surface area contributed by atoms with Gasteiger partial charge in [-0.25, -0.2) is 4.79 Å². The first-order valence-electron chi connectivity index (χ1n) is 5.52. The van der Waals surface area contributed by atoms with Crippen LogP contribution in [0.2, 0.25) is 0 Å². The summed E-state index contributed by atoms with van der Waals surface area (Å²) >= 11 is 0. The molecule has 1 fully saturated rings. The zero-order valence-corrected chi connectivity index (χ0v) is 9.16. The number of rotatable bonds is 3. The standard InChI is InChI=1S/C11H18N2O2/c1-15-8-9-4-6-13(7-5-9)11(14)12-10-2-3-10/h4,10H,2-3,5-8H2,1H3,(H,12,14). The molecule has 2 aliphatic rings. The summed E-state index contributed by atoms with van der Waals surface area (Å²) in [7, 11) is 1.70. The fourth-order valence-corrected chi connectivity index (χ4v) is 1.71. The van der Waals surface area contributed by atoms with Crippen molar-refractivity contribution in [3.8, 4) is 0 Å². The summed E-state index contributed by atoms with van der Waals surface area (Å²) in [6.07, 6.45) is 5.32. The van der Waals surface area contributed by atoms with Crippen LogP contribution >= 0.6 is 0 Å². The average Bonchev–Trinajstić information content (AvgIpc) is 3.03. The molecule has 1 N–H and O–H groups in total. The van der Waals surface area contributed by atoms with Crippen LogP contribution in [0.25, 0.3) is 0 Å².